The highest BCUT2D eigenvalue weighted by molar-refractivity contribution is 5.98. The van der Waals surface area contributed by atoms with Gasteiger partial charge in [-0.2, -0.15) is 0 Å². The van der Waals surface area contributed by atoms with Gasteiger partial charge in [-0.1, -0.05) is 60.7 Å². The number of fused-ring (bicyclic) bond motifs is 1. The average Bonchev–Trinajstić information content (AvgIpc) is 2.82. The van der Waals surface area contributed by atoms with Crippen molar-refractivity contribution in [1.29, 1.82) is 0 Å². The highest BCUT2D eigenvalue weighted by Crippen LogP contribution is 2.39. The van der Waals surface area contributed by atoms with Gasteiger partial charge in [0.25, 0.3) is 0 Å². The van der Waals surface area contributed by atoms with Gasteiger partial charge in [-0.25, -0.2) is 9.59 Å². The van der Waals surface area contributed by atoms with Crippen molar-refractivity contribution in [2.75, 3.05) is 20.3 Å². The molecule has 7 heteroatoms. The highest BCUT2D eigenvalue weighted by atomic mass is 16.6. The summed E-state index contributed by atoms with van der Waals surface area (Å²) in [5.41, 5.74) is 2.48. The molecule has 0 aliphatic carbocycles. The van der Waals surface area contributed by atoms with E-state index in [0.29, 0.717) is 29.2 Å². The number of hydrogen-bond donors (Lipinski definition) is 2. The Kier molecular flexibility index (Phi) is 6.90. The van der Waals surface area contributed by atoms with Gasteiger partial charge in [0.15, 0.2) is 0 Å². The van der Waals surface area contributed by atoms with Gasteiger partial charge in [0.1, 0.15) is 19.0 Å². The summed E-state index contributed by atoms with van der Waals surface area (Å²) in [7, 11) is 1.54. The summed E-state index contributed by atoms with van der Waals surface area (Å²) in [6, 6.07) is 20.3. The van der Waals surface area contributed by atoms with Crippen molar-refractivity contribution in [3.63, 3.8) is 0 Å². The molecule has 7 nitrogen and oxygen atoms in total. The molecule has 0 aromatic heterocycles. The van der Waals surface area contributed by atoms with Crippen LogP contribution in [0.25, 0.3) is 10.8 Å². The van der Waals surface area contributed by atoms with Crippen molar-refractivity contribution in [1.82, 2.24) is 10.6 Å². The number of amides is 2. The third-order valence-electron chi connectivity index (χ3n) is 5.47. The van der Waals surface area contributed by atoms with Gasteiger partial charge in [-0.05, 0) is 29.3 Å². The average molecular weight is 447 g/mol. The fraction of sp³-hybridized carbons (Fsp3) is 0.231. The van der Waals surface area contributed by atoms with Crippen LogP contribution in [0.5, 0.6) is 5.75 Å². The van der Waals surface area contributed by atoms with E-state index < -0.39 is 18.0 Å². The summed E-state index contributed by atoms with van der Waals surface area (Å²) in [6.07, 6.45) is 0. The van der Waals surface area contributed by atoms with Crippen LogP contribution in [0.4, 0.5) is 4.79 Å². The molecule has 0 saturated heterocycles. The molecule has 0 unspecified atom stereocenters. The minimum Gasteiger partial charge on any atom is -0.489 e. The van der Waals surface area contributed by atoms with Gasteiger partial charge < -0.3 is 24.8 Å². The molecule has 0 saturated carbocycles. The second-order valence-corrected chi connectivity index (χ2v) is 7.67. The Labute approximate surface area is 192 Å². The summed E-state index contributed by atoms with van der Waals surface area (Å²) in [6.45, 7) is 2.43. The first-order chi connectivity index (χ1) is 16.1. The predicted octanol–water partition coefficient (Wildman–Crippen LogP) is 4.24. The summed E-state index contributed by atoms with van der Waals surface area (Å²) >= 11 is 0. The molecule has 0 radical (unpaired) electrons. The Hall–Kier alpha value is -3.84. The van der Waals surface area contributed by atoms with E-state index in [1.165, 1.54) is 7.11 Å². The van der Waals surface area contributed by atoms with Crippen LogP contribution in [0, 0.1) is 0 Å². The molecule has 3 aromatic rings. The first-order valence-corrected chi connectivity index (χ1v) is 10.7. The predicted molar refractivity (Wildman–Crippen MR) is 125 cm³/mol. The molecule has 1 heterocycles. The third-order valence-corrected chi connectivity index (χ3v) is 5.47. The zero-order valence-electron chi connectivity index (χ0n) is 18.6. The fourth-order valence-electron chi connectivity index (χ4n) is 3.91. The number of urea groups is 1. The summed E-state index contributed by atoms with van der Waals surface area (Å²) in [5.74, 6) is 0.0590. The quantitative estimate of drug-likeness (QED) is 0.399. The molecule has 2 N–H and O–H groups in total. The van der Waals surface area contributed by atoms with Gasteiger partial charge in [-0.3, -0.25) is 0 Å². The smallest absolute Gasteiger partial charge is 0.338 e. The lowest BCUT2D eigenvalue weighted by molar-refractivity contribution is -0.140. The number of methoxy groups -OCH3 is 1. The largest absolute Gasteiger partial charge is 0.489 e. The first-order valence-electron chi connectivity index (χ1n) is 10.7. The van der Waals surface area contributed by atoms with Crippen molar-refractivity contribution in [2.45, 2.75) is 19.6 Å². The Balaban J connectivity index is 1.78. The number of nitrogens with one attached hydrogen (secondary N) is 2. The van der Waals surface area contributed by atoms with Crippen LogP contribution in [0.2, 0.25) is 0 Å². The molecule has 4 rings (SSSR count). The van der Waals surface area contributed by atoms with Crippen LogP contribution >= 0.6 is 0 Å². The molecule has 0 fully saturated rings. The number of rotatable bonds is 8. The number of allylic oxidation sites excluding steroid dienone is 1. The monoisotopic (exact) mass is 446 g/mol. The molecular formula is C26H26N2O5. The Bertz CT molecular complexity index is 1190. The number of carbonyl (C=O) groups excluding carboxylic acids is 2. The maximum absolute atomic E-state index is 13.0. The van der Waals surface area contributed by atoms with Crippen molar-refractivity contribution >= 4 is 22.8 Å². The minimum atomic E-state index is -0.745. The van der Waals surface area contributed by atoms with Crippen LogP contribution in [0.1, 0.15) is 24.1 Å². The third kappa shape index (κ3) is 4.99. The Morgan fingerprint density at radius 2 is 1.73 bits per heavy atom. The van der Waals surface area contributed by atoms with E-state index in [-0.39, 0.29) is 13.2 Å². The van der Waals surface area contributed by atoms with Crippen molar-refractivity contribution in [3.8, 4) is 5.75 Å². The van der Waals surface area contributed by atoms with Crippen LogP contribution in [0.3, 0.4) is 0 Å². The lowest BCUT2D eigenvalue weighted by atomic mass is 9.90. The van der Waals surface area contributed by atoms with Gasteiger partial charge in [0, 0.05) is 18.4 Å². The minimum absolute atomic E-state index is 0.111. The first kappa shape index (κ1) is 22.4. The van der Waals surface area contributed by atoms with E-state index in [1.807, 2.05) is 66.7 Å². The van der Waals surface area contributed by atoms with E-state index in [1.54, 1.807) is 6.92 Å². The number of esters is 1. The van der Waals surface area contributed by atoms with Crippen LogP contribution < -0.4 is 15.4 Å². The normalized spacial score (nSPS) is 15.7. The van der Waals surface area contributed by atoms with Crippen LogP contribution in [0.15, 0.2) is 78.0 Å². The van der Waals surface area contributed by atoms with E-state index in [2.05, 4.69) is 10.6 Å². The molecule has 3 aromatic carbocycles. The summed E-state index contributed by atoms with van der Waals surface area (Å²) in [4.78, 5) is 25.5. The van der Waals surface area contributed by atoms with Crippen molar-refractivity contribution in [3.05, 3.63) is 89.1 Å². The molecule has 170 valence electrons. The van der Waals surface area contributed by atoms with E-state index >= 15 is 0 Å². The maximum Gasteiger partial charge on any atom is 0.338 e. The van der Waals surface area contributed by atoms with Crippen LogP contribution in [-0.4, -0.2) is 32.3 Å². The van der Waals surface area contributed by atoms with Gasteiger partial charge in [0.05, 0.1) is 18.2 Å². The van der Waals surface area contributed by atoms with Gasteiger partial charge >= 0.3 is 12.0 Å². The van der Waals surface area contributed by atoms with E-state index in [4.69, 9.17) is 14.2 Å². The van der Waals surface area contributed by atoms with Crippen molar-refractivity contribution in [2.24, 2.45) is 0 Å². The number of carbonyl (C=O) groups is 2. The summed E-state index contributed by atoms with van der Waals surface area (Å²) in [5, 5.41) is 7.43. The molecule has 33 heavy (non-hydrogen) atoms. The lowest BCUT2D eigenvalue weighted by Crippen LogP contribution is -2.45. The number of benzene rings is 3. The Morgan fingerprint density at radius 1 is 0.970 bits per heavy atom. The molecule has 1 aliphatic heterocycles. The molecule has 2 amide bonds. The second-order valence-electron chi connectivity index (χ2n) is 7.67. The lowest BCUT2D eigenvalue weighted by Gasteiger charge is -2.30. The topological polar surface area (TPSA) is 85.9 Å². The molecular weight excluding hydrogens is 420 g/mol. The maximum atomic E-state index is 13.0. The Morgan fingerprint density at radius 3 is 2.52 bits per heavy atom. The molecule has 1 aliphatic rings. The number of ether oxygens (including phenoxy) is 3. The van der Waals surface area contributed by atoms with Crippen LogP contribution in [-0.2, 0) is 20.9 Å². The zero-order valence-corrected chi connectivity index (χ0v) is 18.6. The second kappa shape index (κ2) is 10.2. The molecule has 0 spiro atoms. The fourth-order valence-corrected chi connectivity index (χ4v) is 3.91. The molecule has 0 bridgehead atoms. The zero-order chi connectivity index (χ0) is 23.2. The highest BCUT2D eigenvalue weighted by Gasteiger charge is 2.35. The van der Waals surface area contributed by atoms with E-state index in [9.17, 15) is 9.59 Å². The van der Waals surface area contributed by atoms with Crippen molar-refractivity contribution < 1.29 is 23.8 Å². The standard InChI is InChI=1S/C26H26N2O5/c1-17-22(25(29)32-15-14-31-2)24(28-26(30)27-17)23-20-11-7-6-10-19(20)12-13-21(23)33-16-18-8-4-3-5-9-18/h3-13,24H,14-16H2,1-2H3,(H2,27,28,30)/t24-/m1/s1. The van der Waals surface area contributed by atoms with E-state index in [0.717, 1.165) is 16.3 Å². The summed E-state index contributed by atoms with van der Waals surface area (Å²) < 4.78 is 16.6. The molecule has 1 atom stereocenters. The number of hydrogen-bond acceptors (Lipinski definition) is 5. The van der Waals surface area contributed by atoms with Gasteiger partial charge in [0.2, 0.25) is 0 Å². The van der Waals surface area contributed by atoms with Gasteiger partial charge in [-0.15, -0.1) is 0 Å². The SMILES string of the molecule is COCCOC(=O)C1=C(C)NC(=O)N[C@H]1c1c(OCc2ccccc2)ccc2ccccc12.